The van der Waals surface area contributed by atoms with E-state index in [9.17, 15) is 4.79 Å². The van der Waals surface area contributed by atoms with E-state index in [0.717, 1.165) is 17.0 Å². The zero-order valence-corrected chi connectivity index (χ0v) is 16.1. The predicted molar refractivity (Wildman–Crippen MR) is 108 cm³/mol. The maximum absolute atomic E-state index is 11.0. The van der Waals surface area contributed by atoms with Crippen LogP contribution < -0.4 is 4.74 Å². The Morgan fingerprint density at radius 2 is 1.74 bits per heavy atom. The lowest BCUT2D eigenvalue weighted by atomic mass is 10.1. The number of ether oxygens (including phenoxy) is 1. The Kier molecular flexibility index (Phi) is 6.43. The van der Waals surface area contributed by atoms with Gasteiger partial charge in [0.05, 0.1) is 18.0 Å². The maximum Gasteiger partial charge on any atom is 0.303 e. The van der Waals surface area contributed by atoms with Gasteiger partial charge in [-0.2, -0.15) is 0 Å². The molecule has 0 aliphatic carbocycles. The minimum atomic E-state index is -0.817. The molecule has 0 saturated heterocycles. The van der Waals surface area contributed by atoms with Crippen molar-refractivity contribution in [1.29, 1.82) is 0 Å². The lowest BCUT2D eigenvalue weighted by Crippen LogP contribution is -2.13. The molecule has 140 valence electrons. The Hall–Kier alpha value is -2.43. The molecule has 0 radical (unpaired) electrons. The molecule has 1 N–H and O–H groups in total. The molecule has 1 aromatic heterocycles. The smallest absolute Gasteiger partial charge is 0.303 e. The number of nitrogens with zero attached hydrogens (tertiary/aromatic N) is 1. The fraction of sp³-hybridized carbons (Fsp3) is 0.190. The van der Waals surface area contributed by atoms with Crippen LogP contribution in [0.15, 0.2) is 60.7 Å². The number of aryl methyl sites for hydroxylation is 1. The monoisotopic (exact) mass is 403 g/mol. The summed E-state index contributed by atoms with van der Waals surface area (Å²) in [6.45, 7) is 0.990. The zero-order valence-electron chi connectivity index (χ0n) is 14.6. The number of benzene rings is 2. The van der Waals surface area contributed by atoms with Crippen molar-refractivity contribution in [3.05, 3.63) is 76.4 Å². The predicted octanol–water partition coefficient (Wildman–Crippen LogP) is 5.56. The number of carboxylic acids is 1. The highest BCUT2D eigenvalue weighted by Crippen LogP contribution is 2.26. The number of hydrogen-bond donors (Lipinski definition) is 1. The molecule has 27 heavy (non-hydrogen) atoms. The van der Waals surface area contributed by atoms with Gasteiger partial charge in [0.2, 0.25) is 0 Å². The van der Waals surface area contributed by atoms with Gasteiger partial charge in [0.25, 0.3) is 0 Å². The van der Waals surface area contributed by atoms with Crippen molar-refractivity contribution in [3.63, 3.8) is 0 Å². The van der Waals surface area contributed by atoms with Crippen LogP contribution in [0.2, 0.25) is 10.0 Å². The average molecular weight is 404 g/mol. The van der Waals surface area contributed by atoms with Crippen molar-refractivity contribution in [2.24, 2.45) is 0 Å². The van der Waals surface area contributed by atoms with Crippen LogP contribution in [0.4, 0.5) is 0 Å². The first-order valence-corrected chi connectivity index (χ1v) is 9.33. The minimum Gasteiger partial charge on any atom is -0.490 e. The number of para-hydroxylation sites is 1. The second-order valence-electron chi connectivity index (χ2n) is 6.04. The summed E-state index contributed by atoms with van der Waals surface area (Å²) in [6, 6.07) is 18.9. The molecule has 0 aliphatic heterocycles. The molecule has 0 spiro atoms. The number of halogens is 2. The first kappa shape index (κ1) is 19.3. The quantitative estimate of drug-likeness (QED) is 0.535. The summed E-state index contributed by atoms with van der Waals surface area (Å²) in [4.78, 5) is 11.0. The van der Waals surface area contributed by atoms with Crippen LogP contribution in [-0.4, -0.2) is 22.2 Å². The first-order chi connectivity index (χ1) is 13.0. The van der Waals surface area contributed by atoms with Crippen molar-refractivity contribution in [2.75, 3.05) is 6.61 Å². The molecule has 0 fully saturated rings. The number of aromatic nitrogens is 1. The normalized spacial score (nSPS) is 10.7. The molecular weight excluding hydrogens is 385 g/mol. The standard InChI is InChI=1S/C21H19Cl2NO3/c22-16-7-5-15(6-8-16)19-11-9-17(10-12-21(25)26)24(19)13-14-27-20-4-2-1-3-18(20)23/h1-9,11H,10,12-14H2,(H,25,26). The Labute approximate surface area is 167 Å². The van der Waals surface area contributed by atoms with E-state index in [1.165, 1.54) is 0 Å². The van der Waals surface area contributed by atoms with Gasteiger partial charge in [0.1, 0.15) is 12.4 Å². The van der Waals surface area contributed by atoms with Crippen molar-refractivity contribution in [3.8, 4) is 17.0 Å². The lowest BCUT2D eigenvalue weighted by molar-refractivity contribution is -0.136. The molecular formula is C21H19Cl2NO3. The SMILES string of the molecule is O=C(O)CCc1ccc(-c2ccc(Cl)cc2)n1CCOc1ccccc1Cl. The van der Waals surface area contributed by atoms with E-state index >= 15 is 0 Å². The van der Waals surface area contributed by atoms with Crippen molar-refractivity contribution < 1.29 is 14.6 Å². The molecule has 6 heteroatoms. The van der Waals surface area contributed by atoms with E-state index in [1.54, 1.807) is 6.07 Å². The highest BCUT2D eigenvalue weighted by molar-refractivity contribution is 6.32. The molecule has 0 atom stereocenters. The van der Waals surface area contributed by atoms with Gasteiger partial charge in [-0.3, -0.25) is 4.79 Å². The average Bonchev–Trinajstić information content (AvgIpc) is 3.05. The first-order valence-electron chi connectivity index (χ1n) is 8.58. The number of rotatable bonds is 8. The molecule has 0 bridgehead atoms. The van der Waals surface area contributed by atoms with Gasteiger partial charge in [-0.25, -0.2) is 0 Å². The van der Waals surface area contributed by atoms with Crippen molar-refractivity contribution in [2.45, 2.75) is 19.4 Å². The van der Waals surface area contributed by atoms with Crippen LogP contribution in [-0.2, 0) is 17.8 Å². The van der Waals surface area contributed by atoms with Gasteiger partial charge in [-0.15, -0.1) is 0 Å². The second-order valence-corrected chi connectivity index (χ2v) is 6.88. The Bertz CT molecular complexity index is 919. The Morgan fingerprint density at radius 1 is 1.00 bits per heavy atom. The van der Waals surface area contributed by atoms with Crippen molar-refractivity contribution >= 4 is 29.2 Å². The second kappa shape index (κ2) is 8.98. The fourth-order valence-electron chi connectivity index (χ4n) is 2.91. The highest BCUT2D eigenvalue weighted by atomic mass is 35.5. The molecule has 0 aliphatic rings. The summed E-state index contributed by atoms with van der Waals surface area (Å²) >= 11 is 12.1. The largest absolute Gasteiger partial charge is 0.490 e. The third-order valence-electron chi connectivity index (χ3n) is 4.22. The van der Waals surface area contributed by atoms with E-state index in [0.29, 0.717) is 35.4 Å². The van der Waals surface area contributed by atoms with Crippen LogP contribution >= 0.6 is 23.2 Å². The van der Waals surface area contributed by atoms with Crippen molar-refractivity contribution in [1.82, 2.24) is 4.57 Å². The molecule has 4 nitrogen and oxygen atoms in total. The summed E-state index contributed by atoms with van der Waals surface area (Å²) in [5, 5.41) is 10.2. The van der Waals surface area contributed by atoms with E-state index < -0.39 is 5.97 Å². The van der Waals surface area contributed by atoms with Gasteiger partial charge < -0.3 is 14.4 Å². The highest BCUT2D eigenvalue weighted by Gasteiger charge is 2.12. The van der Waals surface area contributed by atoms with E-state index in [1.807, 2.05) is 54.6 Å². The molecule has 2 aromatic carbocycles. The third kappa shape index (κ3) is 5.06. The molecule has 0 amide bonds. The third-order valence-corrected chi connectivity index (χ3v) is 4.78. The van der Waals surface area contributed by atoms with Gasteiger partial charge in [0.15, 0.2) is 0 Å². The topological polar surface area (TPSA) is 51.5 Å². The number of hydrogen-bond acceptors (Lipinski definition) is 2. The van der Waals surface area contributed by atoms with Gasteiger partial charge in [0, 0.05) is 16.4 Å². The number of carbonyl (C=O) groups is 1. The number of aliphatic carboxylic acids is 1. The van der Waals surface area contributed by atoms with Gasteiger partial charge in [-0.1, -0.05) is 47.5 Å². The van der Waals surface area contributed by atoms with Crippen LogP contribution in [0.25, 0.3) is 11.3 Å². The zero-order chi connectivity index (χ0) is 19.2. The molecule has 1 heterocycles. The summed E-state index contributed by atoms with van der Waals surface area (Å²) < 4.78 is 7.90. The molecule has 3 rings (SSSR count). The maximum atomic E-state index is 11.0. The molecule has 0 saturated carbocycles. The Morgan fingerprint density at radius 3 is 2.44 bits per heavy atom. The van der Waals surface area contributed by atoms with Gasteiger partial charge >= 0.3 is 5.97 Å². The van der Waals surface area contributed by atoms with Crippen LogP contribution in [0.1, 0.15) is 12.1 Å². The van der Waals surface area contributed by atoms with E-state index in [4.69, 9.17) is 33.0 Å². The van der Waals surface area contributed by atoms with Crippen LogP contribution in [0.3, 0.4) is 0 Å². The fourth-order valence-corrected chi connectivity index (χ4v) is 3.22. The lowest BCUT2D eigenvalue weighted by Gasteiger charge is -2.15. The van der Waals surface area contributed by atoms with E-state index in [-0.39, 0.29) is 6.42 Å². The molecule has 3 aromatic rings. The van der Waals surface area contributed by atoms with Crippen LogP contribution in [0, 0.1) is 0 Å². The minimum absolute atomic E-state index is 0.0788. The summed E-state index contributed by atoms with van der Waals surface area (Å²) in [6.07, 6.45) is 0.532. The Balaban J connectivity index is 1.81. The summed E-state index contributed by atoms with van der Waals surface area (Å²) in [7, 11) is 0. The number of carboxylic acid groups (broad SMARTS) is 1. The summed E-state index contributed by atoms with van der Waals surface area (Å²) in [5.74, 6) is -0.186. The summed E-state index contributed by atoms with van der Waals surface area (Å²) in [5.41, 5.74) is 2.96. The van der Waals surface area contributed by atoms with E-state index in [2.05, 4.69) is 4.57 Å². The van der Waals surface area contributed by atoms with Crippen LogP contribution in [0.5, 0.6) is 5.75 Å². The van der Waals surface area contributed by atoms with Gasteiger partial charge in [-0.05, 0) is 48.4 Å². The molecule has 0 unspecified atom stereocenters.